The maximum atomic E-state index is 6.63. The summed E-state index contributed by atoms with van der Waals surface area (Å²) in [6, 6.07) is 59.6. The van der Waals surface area contributed by atoms with E-state index in [1.807, 2.05) is 0 Å². The molecule has 0 aliphatic carbocycles. The second kappa shape index (κ2) is 11.7. The molecular weight excluding hydrogens is 546 g/mol. The molecule has 6 aromatic carbocycles. The van der Waals surface area contributed by atoms with Crippen molar-refractivity contribution >= 4 is 42.4 Å². The Balaban J connectivity index is 1.41. The first-order chi connectivity index (χ1) is 20.7. The highest BCUT2D eigenvalue weighted by Gasteiger charge is 2.41. The van der Waals surface area contributed by atoms with Gasteiger partial charge in [0.2, 0.25) is 0 Å². The first-order valence-electron chi connectivity index (χ1n) is 14.4. The summed E-state index contributed by atoms with van der Waals surface area (Å²) in [6.07, 6.45) is 0.988. The van der Waals surface area contributed by atoms with E-state index in [2.05, 4.69) is 171 Å². The fourth-order valence-corrected chi connectivity index (χ4v) is 11.1. The van der Waals surface area contributed by atoms with Crippen LogP contribution in [0.3, 0.4) is 0 Å². The summed E-state index contributed by atoms with van der Waals surface area (Å²) >= 11 is 0. The smallest absolute Gasteiger partial charge is 0.131 e. The zero-order valence-corrected chi connectivity index (χ0v) is 25.4. The quantitative estimate of drug-likeness (QED) is 0.175. The molecule has 0 fully saturated rings. The monoisotopic (exact) mass is 578 g/mol. The molecule has 0 saturated carbocycles. The Hall–Kier alpha value is -4.02. The van der Waals surface area contributed by atoms with E-state index in [1.54, 1.807) is 0 Å². The maximum Gasteiger partial charge on any atom is 0.131 e. The van der Waals surface area contributed by atoms with Crippen molar-refractivity contribution in [3.63, 3.8) is 0 Å². The van der Waals surface area contributed by atoms with Crippen molar-refractivity contribution in [3.05, 3.63) is 175 Å². The minimum absolute atomic E-state index is 0.244. The van der Waals surface area contributed by atoms with Crippen LogP contribution < -0.4 is 31.3 Å². The van der Waals surface area contributed by atoms with Gasteiger partial charge >= 0.3 is 0 Å². The first kappa shape index (κ1) is 26.9. The van der Waals surface area contributed by atoms with Gasteiger partial charge in [0.05, 0.1) is 0 Å². The molecule has 7 rings (SSSR count). The van der Waals surface area contributed by atoms with Gasteiger partial charge in [0.15, 0.2) is 0 Å². The van der Waals surface area contributed by atoms with Crippen LogP contribution in [0, 0.1) is 0 Å². The third kappa shape index (κ3) is 5.09. The van der Waals surface area contributed by atoms with E-state index in [0.717, 1.165) is 17.7 Å². The molecule has 0 saturated heterocycles. The summed E-state index contributed by atoms with van der Waals surface area (Å²) in [5.41, 5.74) is 2.29. The molecule has 1 aliphatic rings. The number of fused-ring (bicyclic) bond motifs is 2. The molecule has 6 aromatic rings. The van der Waals surface area contributed by atoms with Gasteiger partial charge in [-0.05, 0) is 66.7 Å². The van der Waals surface area contributed by atoms with Gasteiger partial charge in [0, 0.05) is 16.5 Å². The molecule has 1 unspecified atom stereocenters. The van der Waals surface area contributed by atoms with E-state index in [4.69, 9.17) is 4.74 Å². The molecule has 0 radical (unpaired) electrons. The largest absolute Gasteiger partial charge is 0.457 e. The zero-order valence-electron chi connectivity index (χ0n) is 23.6. The van der Waals surface area contributed by atoms with Gasteiger partial charge in [0.25, 0.3) is 0 Å². The SMILES string of the molecule is CC1(CP(c2ccccc2)c2ccccc2)c2ccccc2Oc2ccc(P(c3ccccc3)c3ccccc3)cc21. The Morgan fingerprint density at radius 1 is 0.452 bits per heavy atom. The van der Waals surface area contributed by atoms with E-state index in [0.29, 0.717) is 0 Å². The molecule has 42 heavy (non-hydrogen) atoms. The molecule has 0 N–H and O–H groups in total. The summed E-state index contributed by atoms with van der Waals surface area (Å²) in [4.78, 5) is 0. The van der Waals surface area contributed by atoms with Crippen molar-refractivity contribution in [2.45, 2.75) is 12.3 Å². The van der Waals surface area contributed by atoms with Gasteiger partial charge in [-0.2, -0.15) is 0 Å². The molecular formula is C39H32OP2. The van der Waals surface area contributed by atoms with E-state index >= 15 is 0 Å². The van der Waals surface area contributed by atoms with Crippen LogP contribution in [-0.2, 0) is 5.41 Å². The molecule has 1 heterocycles. The predicted octanol–water partition coefficient (Wildman–Crippen LogP) is 7.99. The van der Waals surface area contributed by atoms with E-state index in [1.165, 1.54) is 37.6 Å². The highest BCUT2D eigenvalue weighted by molar-refractivity contribution is 7.79. The predicted molar refractivity (Wildman–Crippen MR) is 182 cm³/mol. The number of hydrogen-bond donors (Lipinski definition) is 0. The van der Waals surface area contributed by atoms with Crippen molar-refractivity contribution in [1.29, 1.82) is 0 Å². The van der Waals surface area contributed by atoms with Crippen LogP contribution in [0.4, 0.5) is 0 Å². The Labute approximate surface area is 251 Å². The Kier molecular flexibility index (Phi) is 7.48. The van der Waals surface area contributed by atoms with Crippen molar-refractivity contribution in [2.75, 3.05) is 6.16 Å². The highest BCUT2D eigenvalue weighted by atomic mass is 31.1. The minimum atomic E-state index is -0.728. The summed E-state index contributed by atoms with van der Waals surface area (Å²) in [5, 5.41) is 6.86. The molecule has 0 aromatic heterocycles. The van der Waals surface area contributed by atoms with Crippen LogP contribution in [-0.4, -0.2) is 6.16 Å². The van der Waals surface area contributed by atoms with Crippen molar-refractivity contribution in [1.82, 2.24) is 0 Å². The van der Waals surface area contributed by atoms with E-state index in [9.17, 15) is 0 Å². The lowest BCUT2D eigenvalue weighted by Crippen LogP contribution is -2.35. The molecule has 0 bridgehead atoms. The lowest BCUT2D eigenvalue weighted by molar-refractivity contribution is 0.420. The second-order valence-corrected chi connectivity index (χ2v) is 15.3. The van der Waals surface area contributed by atoms with Crippen molar-refractivity contribution in [3.8, 4) is 11.5 Å². The fraction of sp³-hybridized carbons (Fsp3) is 0.0769. The van der Waals surface area contributed by atoms with Gasteiger partial charge in [0.1, 0.15) is 11.5 Å². The number of hydrogen-bond acceptors (Lipinski definition) is 1. The summed E-state index contributed by atoms with van der Waals surface area (Å²) in [7, 11) is -1.36. The third-order valence-corrected chi connectivity index (χ3v) is 13.4. The van der Waals surface area contributed by atoms with E-state index < -0.39 is 15.8 Å². The summed E-state index contributed by atoms with van der Waals surface area (Å²) in [5.74, 6) is 1.93. The summed E-state index contributed by atoms with van der Waals surface area (Å²) in [6.45, 7) is 2.44. The normalized spacial score (nSPS) is 15.6. The Bertz CT molecular complexity index is 1710. The zero-order chi connectivity index (χ0) is 28.4. The average molecular weight is 579 g/mol. The van der Waals surface area contributed by atoms with Crippen LogP contribution in [0.25, 0.3) is 0 Å². The molecule has 3 heteroatoms. The Morgan fingerprint density at radius 3 is 1.45 bits per heavy atom. The van der Waals surface area contributed by atoms with Gasteiger partial charge in [-0.25, -0.2) is 0 Å². The second-order valence-electron chi connectivity index (χ2n) is 10.9. The van der Waals surface area contributed by atoms with E-state index in [-0.39, 0.29) is 5.41 Å². The highest BCUT2D eigenvalue weighted by Crippen LogP contribution is 2.53. The first-order valence-corrected chi connectivity index (χ1v) is 17.3. The number of rotatable bonds is 7. The van der Waals surface area contributed by atoms with Gasteiger partial charge in [-0.15, -0.1) is 0 Å². The van der Waals surface area contributed by atoms with Crippen LogP contribution in [0.1, 0.15) is 18.1 Å². The van der Waals surface area contributed by atoms with Gasteiger partial charge in [-0.1, -0.05) is 153 Å². The Morgan fingerprint density at radius 2 is 0.905 bits per heavy atom. The van der Waals surface area contributed by atoms with Gasteiger partial charge < -0.3 is 4.74 Å². The van der Waals surface area contributed by atoms with Crippen molar-refractivity contribution in [2.24, 2.45) is 0 Å². The molecule has 1 nitrogen and oxygen atoms in total. The topological polar surface area (TPSA) is 9.23 Å². The standard InChI is InChI=1S/C39H32OP2/c1-39(29-41(30-16-6-2-7-17-30)31-18-8-3-9-19-31)35-24-14-15-25-37(35)40-38-27-26-34(28-36(38)39)42(32-20-10-4-11-21-32)33-22-12-5-13-23-33/h2-28H,29H2,1H3. The van der Waals surface area contributed by atoms with Crippen molar-refractivity contribution < 1.29 is 4.74 Å². The molecule has 0 amide bonds. The average Bonchev–Trinajstić information content (AvgIpc) is 3.06. The molecule has 0 spiro atoms. The fourth-order valence-electron chi connectivity index (χ4n) is 6.09. The maximum absolute atomic E-state index is 6.63. The molecule has 1 aliphatic heterocycles. The van der Waals surface area contributed by atoms with Crippen LogP contribution in [0.2, 0.25) is 0 Å². The molecule has 1 atom stereocenters. The molecule has 204 valence electrons. The van der Waals surface area contributed by atoms with Crippen LogP contribution in [0.5, 0.6) is 11.5 Å². The van der Waals surface area contributed by atoms with Crippen LogP contribution in [0.15, 0.2) is 164 Å². The lowest BCUT2D eigenvalue weighted by Gasteiger charge is -2.40. The summed E-state index contributed by atoms with van der Waals surface area (Å²) < 4.78 is 6.63. The number of ether oxygens (including phenoxy) is 1. The van der Waals surface area contributed by atoms with Gasteiger partial charge in [-0.3, -0.25) is 0 Å². The lowest BCUT2D eigenvalue weighted by atomic mass is 9.75. The third-order valence-electron chi connectivity index (χ3n) is 8.16. The van der Waals surface area contributed by atoms with Crippen LogP contribution >= 0.6 is 15.8 Å². The number of para-hydroxylation sites is 1. The number of benzene rings is 6. The minimum Gasteiger partial charge on any atom is -0.457 e.